The Labute approximate surface area is 262 Å². The number of aromatic amines is 6. The molecule has 0 aliphatic heterocycles. The quantitative estimate of drug-likeness (QED) is 0.0972. The van der Waals surface area contributed by atoms with Crippen LogP contribution in [0, 0.1) is 0 Å². The molecule has 0 fully saturated rings. The van der Waals surface area contributed by atoms with E-state index in [1.807, 2.05) is 79.6 Å². The molecule has 222 valence electrons. The molecule has 0 atom stereocenters. The average Bonchev–Trinajstić information content (AvgIpc) is 3.93. The lowest BCUT2D eigenvalue weighted by Crippen LogP contribution is -2.07. The van der Waals surface area contributed by atoms with Crippen LogP contribution in [-0.4, -0.2) is 29.9 Å². The minimum absolute atomic E-state index is 0.161. The van der Waals surface area contributed by atoms with Crippen molar-refractivity contribution in [3.8, 4) is 0 Å². The SMILES string of the molecule is c1c[nH]c(C(c2ccc(C(c3ccc[nH]3)c3ccc[nH]3)cc2)c2ccc[nH]2)c1.c1ccc(C(c2ccc[nH]2)c2ccc[nH]2)cc1. The van der Waals surface area contributed by atoms with E-state index in [1.165, 1.54) is 50.9 Å². The maximum absolute atomic E-state index is 3.38. The van der Waals surface area contributed by atoms with Crippen molar-refractivity contribution in [3.05, 3.63) is 215 Å². The maximum atomic E-state index is 3.38. The van der Waals surface area contributed by atoms with Crippen molar-refractivity contribution in [1.29, 1.82) is 0 Å². The van der Waals surface area contributed by atoms with Crippen LogP contribution in [0.1, 0.15) is 68.6 Å². The molecule has 45 heavy (non-hydrogen) atoms. The minimum atomic E-state index is 0.161. The Morgan fingerprint density at radius 2 is 0.489 bits per heavy atom. The van der Waals surface area contributed by atoms with Gasteiger partial charge < -0.3 is 29.9 Å². The molecular weight excluding hydrogens is 552 g/mol. The molecule has 6 aromatic heterocycles. The summed E-state index contributed by atoms with van der Waals surface area (Å²) in [6, 6.07) is 44.5. The van der Waals surface area contributed by atoms with Crippen molar-refractivity contribution in [1.82, 2.24) is 29.9 Å². The second-order valence-corrected chi connectivity index (χ2v) is 11.1. The number of hydrogen-bond acceptors (Lipinski definition) is 0. The third kappa shape index (κ3) is 6.12. The Kier molecular flexibility index (Phi) is 8.18. The number of rotatable bonds is 9. The predicted octanol–water partition coefficient (Wildman–Crippen LogP) is 8.88. The molecule has 8 rings (SSSR count). The highest BCUT2D eigenvalue weighted by Crippen LogP contribution is 2.34. The van der Waals surface area contributed by atoms with Gasteiger partial charge in [0.15, 0.2) is 0 Å². The molecule has 6 heterocycles. The van der Waals surface area contributed by atoms with E-state index in [4.69, 9.17) is 0 Å². The van der Waals surface area contributed by atoms with Crippen LogP contribution in [0.4, 0.5) is 0 Å². The van der Waals surface area contributed by atoms with Gasteiger partial charge in [0.25, 0.3) is 0 Å². The lowest BCUT2D eigenvalue weighted by molar-refractivity contribution is 0.879. The van der Waals surface area contributed by atoms with Crippen LogP contribution < -0.4 is 0 Å². The van der Waals surface area contributed by atoms with Crippen molar-refractivity contribution in [2.75, 3.05) is 0 Å². The van der Waals surface area contributed by atoms with Crippen LogP contribution in [0.3, 0.4) is 0 Å². The summed E-state index contributed by atoms with van der Waals surface area (Å²) >= 11 is 0. The van der Waals surface area contributed by atoms with Gasteiger partial charge in [-0.05, 0) is 89.5 Å². The fourth-order valence-electron chi connectivity index (χ4n) is 6.25. The summed E-state index contributed by atoms with van der Waals surface area (Å²) in [6.45, 7) is 0. The average molecular weight is 589 g/mol. The second-order valence-electron chi connectivity index (χ2n) is 11.1. The monoisotopic (exact) mass is 588 g/mol. The van der Waals surface area contributed by atoms with Gasteiger partial charge in [-0.1, -0.05) is 54.6 Å². The lowest BCUT2D eigenvalue weighted by Gasteiger charge is -2.19. The van der Waals surface area contributed by atoms with E-state index in [9.17, 15) is 0 Å². The maximum Gasteiger partial charge on any atom is 0.0641 e. The molecule has 0 radical (unpaired) electrons. The summed E-state index contributed by atoms with van der Waals surface area (Å²) in [7, 11) is 0. The highest BCUT2D eigenvalue weighted by molar-refractivity contribution is 5.43. The fraction of sp³-hybridized carbons (Fsp3) is 0.0769. The Balaban J connectivity index is 0.000000163. The first kappa shape index (κ1) is 27.9. The third-order valence-electron chi connectivity index (χ3n) is 8.33. The fourth-order valence-corrected chi connectivity index (χ4v) is 6.25. The molecule has 0 amide bonds. The van der Waals surface area contributed by atoms with Gasteiger partial charge in [-0.3, -0.25) is 0 Å². The summed E-state index contributed by atoms with van der Waals surface area (Å²) in [4.78, 5) is 20.1. The van der Waals surface area contributed by atoms with Gasteiger partial charge in [-0.25, -0.2) is 0 Å². The Morgan fingerprint density at radius 3 is 0.711 bits per heavy atom. The zero-order valence-corrected chi connectivity index (χ0v) is 24.8. The summed E-state index contributed by atoms with van der Waals surface area (Å²) in [5.41, 5.74) is 10.9. The zero-order chi connectivity index (χ0) is 30.3. The summed E-state index contributed by atoms with van der Waals surface area (Å²) in [6.07, 6.45) is 11.8. The lowest BCUT2D eigenvalue weighted by atomic mass is 9.88. The highest BCUT2D eigenvalue weighted by atomic mass is 14.8. The van der Waals surface area contributed by atoms with Gasteiger partial charge in [0.2, 0.25) is 0 Å². The smallest absolute Gasteiger partial charge is 0.0641 e. The van der Waals surface area contributed by atoms with E-state index in [-0.39, 0.29) is 17.8 Å². The summed E-state index contributed by atoms with van der Waals surface area (Å²) in [5, 5.41) is 0. The van der Waals surface area contributed by atoms with Gasteiger partial charge in [-0.2, -0.15) is 0 Å². The van der Waals surface area contributed by atoms with Crippen molar-refractivity contribution in [2.24, 2.45) is 0 Å². The molecule has 6 heteroatoms. The second kappa shape index (κ2) is 13.2. The first-order valence-corrected chi connectivity index (χ1v) is 15.3. The largest absolute Gasteiger partial charge is 0.364 e. The van der Waals surface area contributed by atoms with Gasteiger partial charge >= 0.3 is 0 Å². The molecule has 0 saturated carbocycles. The van der Waals surface area contributed by atoms with E-state index in [0.717, 1.165) is 0 Å². The standard InChI is InChI=1S/C24H22N4.C15H14N2/c1-5-19(25-13-1)23(20-6-2-14-26-20)17-9-11-18(12-10-17)24(21-7-3-15-27-21)22-8-4-16-28-22;1-2-6-12(7-3-1)15(13-8-4-10-16-13)14-9-5-11-17-14/h1-16,23-28H;1-11,15-17H. The van der Waals surface area contributed by atoms with Gasteiger partial charge in [-0.15, -0.1) is 0 Å². The molecule has 2 aromatic carbocycles. The topological polar surface area (TPSA) is 94.7 Å². The molecule has 0 bridgehead atoms. The van der Waals surface area contributed by atoms with Crippen molar-refractivity contribution < 1.29 is 0 Å². The molecule has 8 aromatic rings. The van der Waals surface area contributed by atoms with Crippen LogP contribution in [0.15, 0.2) is 165 Å². The molecular formula is C39H36N6. The Morgan fingerprint density at radius 1 is 0.244 bits per heavy atom. The van der Waals surface area contributed by atoms with E-state index in [1.54, 1.807) is 0 Å². The molecule has 0 aliphatic rings. The van der Waals surface area contributed by atoms with Crippen LogP contribution in [0.25, 0.3) is 0 Å². The first-order chi connectivity index (χ1) is 22.3. The van der Waals surface area contributed by atoms with Crippen LogP contribution >= 0.6 is 0 Å². The molecule has 6 N–H and O–H groups in total. The summed E-state index contributed by atoms with van der Waals surface area (Å²) in [5.74, 6) is 0.572. The molecule has 6 nitrogen and oxygen atoms in total. The normalized spacial score (nSPS) is 11.3. The number of nitrogens with one attached hydrogen (secondary N) is 6. The van der Waals surface area contributed by atoms with E-state index < -0.39 is 0 Å². The van der Waals surface area contributed by atoms with E-state index >= 15 is 0 Å². The van der Waals surface area contributed by atoms with Crippen molar-refractivity contribution in [3.63, 3.8) is 0 Å². The molecule has 0 spiro atoms. The minimum Gasteiger partial charge on any atom is -0.364 e. The van der Waals surface area contributed by atoms with Gasteiger partial charge in [0, 0.05) is 71.3 Å². The molecule has 0 aliphatic carbocycles. The zero-order valence-electron chi connectivity index (χ0n) is 24.8. The Bertz CT molecular complexity index is 1720. The molecule has 0 saturated heterocycles. The van der Waals surface area contributed by atoms with Crippen molar-refractivity contribution >= 4 is 0 Å². The Hall–Kier alpha value is -5.88. The van der Waals surface area contributed by atoms with Gasteiger partial charge in [0.1, 0.15) is 0 Å². The number of benzene rings is 2. The van der Waals surface area contributed by atoms with Crippen LogP contribution in [0.5, 0.6) is 0 Å². The predicted molar refractivity (Wildman–Crippen MR) is 180 cm³/mol. The van der Waals surface area contributed by atoms with E-state index in [2.05, 4.69) is 115 Å². The molecule has 0 unspecified atom stereocenters. The van der Waals surface area contributed by atoms with E-state index in [0.29, 0.717) is 0 Å². The van der Waals surface area contributed by atoms with Crippen LogP contribution in [-0.2, 0) is 0 Å². The first-order valence-electron chi connectivity index (χ1n) is 15.3. The van der Waals surface area contributed by atoms with Crippen LogP contribution in [0.2, 0.25) is 0 Å². The third-order valence-corrected chi connectivity index (χ3v) is 8.33. The summed E-state index contributed by atoms with van der Waals surface area (Å²) < 4.78 is 0. The highest BCUT2D eigenvalue weighted by Gasteiger charge is 2.22. The number of H-pyrrole nitrogens is 6. The number of aromatic nitrogens is 6. The number of hydrogen-bond donors (Lipinski definition) is 6. The van der Waals surface area contributed by atoms with Crippen molar-refractivity contribution in [2.45, 2.75) is 17.8 Å². The van der Waals surface area contributed by atoms with Gasteiger partial charge in [0.05, 0.1) is 17.8 Å².